The third-order valence-corrected chi connectivity index (χ3v) is 5.07. The summed E-state index contributed by atoms with van der Waals surface area (Å²) in [6.07, 6.45) is 5.38. The monoisotopic (exact) mass is 236 g/mol. The van der Waals surface area contributed by atoms with Crippen molar-refractivity contribution in [2.45, 2.75) is 32.6 Å². The molecule has 4 atom stereocenters. The molecule has 3 nitrogen and oxygen atoms in total. The summed E-state index contributed by atoms with van der Waals surface area (Å²) in [5.74, 6) is 4.09. The van der Waals surface area contributed by atoms with E-state index in [1.807, 2.05) is 0 Å². The zero-order chi connectivity index (χ0) is 11.8. The lowest BCUT2D eigenvalue weighted by Crippen LogP contribution is -2.34. The summed E-state index contributed by atoms with van der Waals surface area (Å²) in [7, 11) is 0. The molecule has 0 radical (unpaired) electrons. The molecule has 2 bridgehead atoms. The Bertz CT molecular complexity index is 289. The fourth-order valence-corrected chi connectivity index (χ4v) is 4.37. The molecule has 0 aromatic rings. The first-order valence-corrected chi connectivity index (χ1v) is 7.31. The van der Waals surface area contributed by atoms with E-state index in [2.05, 4.69) is 17.6 Å². The lowest BCUT2D eigenvalue weighted by molar-refractivity contribution is -0.123. The third-order valence-electron chi connectivity index (χ3n) is 5.07. The van der Waals surface area contributed by atoms with E-state index >= 15 is 0 Å². The van der Waals surface area contributed by atoms with Crippen molar-refractivity contribution in [3.63, 3.8) is 0 Å². The molecule has 3 aliphatic rings. The Morgan fingerprint density at radius 1 is 1.12 bits per heavy atom. The van der Waals surface area contributed by atoms with Crippen molar-refractivity contribution in [1.82, 2.24) is 10.6 Å². The molecule has 3 aliphatic carbocycles. The highest BCUT2D eigenvalue weighted by Crippen LogP contribution is 2.69. The van der Waals surface area contributed by atoms with Gasteiger partial charge in [-0.25, -0.2) is 0 Å². The van der Waals surface area contributed by atoms with Gasteiger partial charge in [0.1, 0.15) is 0 Å². The molecule has 17 heavy (non-hydrogen) atoms. The Balaban J connectivity index is 1.38. The molecular formula is C14H24N2O. The highest BCUT2D eigenvalue weighted by Gasteiger charge is 2.67. The summed E-state index contributed by atoms with van der Waals surface area (Å²) in [5.41, 5.74) is 0. The number of hydrogen-bond donors (Lipinski definition) is 2. The maximum absolute atomic E-state index is 12.0. The van der Waals surface area contributed by atoms with Gasteiger partial charge in [0.15, 0.2) is 0 Å². The van der Waals surface area contributed by atoms with Crippen LogP contribution in [0.15, 0.2) is 0 Å². The molecule has 0 aromatic carbocycles. The van der Waals surface area contributed by atoms with Crippen LogP contribution >= 0.6 is 0 Å². The fourth-order valence-electron chi connectivity index (χ4n) is 4.37. The molecule has 3 rings (SSSR count). The van der Waals surface area contributed by atoms with Gasteiger partial charge in [0.25, 0.3) is 0 Å². The van der Waals surface area contributed by atoms with Crippen molar-refractivity contribution >= 4 is 5.91 Å². The number of nitrogens with one attached hydrogen (secondary N) is 2. The highest BCUT2D eigenvalue weighted by molar-refractivity contribution is 5.82. The van der Waals surface area contributed by atoms with Gasteiger partial charge in [-0.05, 0) is 55.9 Å². The minimum Gasteiger partial charge on any atom is -0.355 e. The van der Waals surface area contributed by atoms with Gasteiger partial charge in [-0.1, -0.05) is 6.92 Å². The van der Waals surface area contributed by atoms with E-state index in [1.165, 1.54) is 19.3 Å². The van der Waals surface area contributed by atoms with E-state index in [0.29, 0.717) is 11.8 Å². The number of carbonyl (C=O) groups is 1. The zero-order valence-corrected chi connectivity index (χ0v) is 10.7. The average Bonchev–Trinajstić information content (AvgIpc) is 2.78. The Kier molecular flexibility index (Phi) is 3.12. The van der Waals surface area contributed by atoms with Crippen LogP contribution in [0.2, 0.25) is 0 Å². The molecule has 0 heterocycles. The smallest absolute Gasteiger partial charge is 0.223 e. The normalized spacial score (nSPS) is 41.4. The van der Waals surface area contributed by atoms with Crippen molar-refractivity contribution in [1.29, 1.82) is 0 Å². The van der Waals surface area contributed by atoms with Gasteiger partial charge in [0.05, 0.1) is 0 Å². The van der Waals surface area contributed by atoms with Crippen LogP contribution < -0.4 is 10.6 Å². The van der Waals surface area contributed by atoms with Crippen molar-refractivity contribution < 1.29 is 4.79 Å². The first-order valence-electron chi connectivity index (χ1n) is 7.31. The summed E-state index contributed by atoms with van der Waals surface area (Å²) in [6.45, 7) is 4.92. The van der Waals surface area contributed by atoms with Gasteiger partial charge < -0.3 is 10.6 Å². The summed E-state index contributed by atoms with van der Waals surface area (Å²) >= 11 is 0. The second-order valence-electron chi connectivity index (χ2n) is 6.05. The van der Waals surface area contributed by atoms with Gasteiger partial charge in [0.2, 0.25) is 5.91 Å². The predicted octanol–water partition coefficient (Wildman–Crippen LogP) is 1.39. The van der Waals surface area contributed by atoms with Crippen LogP contribution in [0.1, 0.15) is 32.6 Å². The van der Waals surface area contributed by atoms with Crippen LogP contribution in [0, 0.1) is 29.6 Å². The second-order valence-corrected chi connectivity index (χ2v) is 6.05. The minimum atomic E-state index is 0.342. The first-order chi connectivity index (χ1) is 8.33. The van der Waals surface area contributed by atoms with Crippen molar-refractivity contribution in [2.24, 2.45) is 29.6 Å². The standard InChI is InChI=1S/C14H24N2O/c1-2-5-15-6-7-16-14(17)13-11-9-3-4-10(8-9)12(11)13/h9-13,15H,2-8H2,1H3,(H,16,17). The van der Waals surface area contributed by atoms with Gasteiger partial charge in [-0.2, -0.15) is 0 Å². The van der Waals surface area contributed by atoms with Crippen LogP contribution in [0.25, 0.3) is 0 Å². The van der Waals surface area contributed by atoms with Crippen LogP contribution in [0.5, 0.6) is 0 Å². The number of hydrogen-bond acceptors (Lipinski definition) is 2. The van der Waals surface area contributed by atoms with E-state index in [0.717, 1.165) is 49.7 Å². The van der Waals surface area contributed by atoms with Crippen molar-refractivity contribution in [2.75, 3.05) is 19.6 Å². The summed E-state index contributed by atoms with van der Waals surface area (Å²) < 4.78 is 0. The molecule has 3 fully saturated rings. The van der Waals surface area contributed by atoms with Crippen LogP contribution in [0.3, 0.4) is 0 Å². The SMILES string of the molecule is CCCNCCNC(=O)C1C2C3CCC(C3)C12. The topological polar surface area (TPSA) is 41.1 Å². The molecule has 4 unspecified atom stereocenters. The number of carbonyl (C=O) groups excluding carboxylic acids is 1. The molecular weight excluding hydrogens is 212 g/mol. The van der Waals surface area contributed by atoms with Gasteiger partial charge in [-0.3, -0.25) is 4.79 Å². The summed E-state index contributed by atoms with van der Waals surface area (Å²) in [5, 5.41) is 6.41. The molecule has 2 N–H and O–H groups in total. The lowest BCUT2D eigenvalue weighted by atomic mass is 10.0. The average molecular weight is 236 g/mol. The first kappa shape index (κ1) is 11.5. The molecule has 3 saturated carbocycles. The molecule has 96 valence electrons. The molecule has 3 heteroatoms. The Hall–Kier alpha value is -0.570. The molecule has 0 saturated heterocycles. The largest absolute Gasteiger partial charge is 0.355 e. The molecule has 0 aliphatic heterocycles. The fraction of sp³-hybridized carbons (Fsp3) is 0.929. The van der Waals surface area contributed by atoms with Gasteiger partial charge in [-0.15, -0.1) is 0 Å². The number of fused-ring (bicyclic) bond motifs is 5. The van der Waals surface area contributed by atoms with Gasteiger partial charge in [0, 0.05) is 19.0 Å². The van der Waals surface area contributed by atoms with Crippen LogP contribution in [0.4, 0.5) is 0 Å². The second kappa shape index (κ2) is 4.60. The van der Waals surface area contributed by atoms with Crippen LogP contribution in [-0.4, -0.2) is 25.5 Å². The summed E-state index contributed by atoms with van der Waals surface area (Å²) in [4.78, 5) is 12.0. The minimum absolute atomic E-state index is 0.342. The van der Waals surface area contributed by atoms with E-state index in [1.54, 1.807) is 0 Å². The quantitative estimate of drug-likeness (QED) is 0.684. The lowest BCUT2D eigenvalue weighted by Gasteiger charge is -2.09. The van der Waals surface area contributed by atoms with Crippen molar-refractivity contribution in [3.8, 4) is 0 Å². The number of rotatable bonds is 6. The zero-order valence-electron chi connectivity index (χ0n) is 10.7. The number of amides is 1. The van der Waals surface area contributed by atoms with E-state index in [4.69, 9.17) is 0 Å². The van der Waals surface area contributed by atoms with E-state index in [-0.39, 0.29) is 0 Å². The molecule has 0 spiro atoms. The van der Waals surface area contributed by atoms with E-state index < -0.39 is 0 Å². The Morgan fingerprint density at radius 2 is 1.82 bits per heavy atom. The molecule has 1 amide bonds. The summed E-state index contributed by atoms with van der Waals surface area (Å²) in [6, 6.07) is 0. The Labute approximate surface area is 104 Å². The predicted molar refractivity (Wildman–Crippen MR) is 67.5 cm³/mol. The maximum Gasteiger partial charge on any atom is 0.223 e. The maximum atomic E-state index is 12.0. The Morgan fingerprint density at radius 3 is 2.47 bits per heavy atom. The van der Waals surface area contributed by atoms with Gasteiger partial charge >= 0.3 is 0 Å². The third kappa shape index (κ3) is 1.99. The molecule has 0 aromatic heterocycles. The van der Waals surface area contributed by atoms with Crippen molar-refractivity contribution in [3.05, 3.63) is 0 Å². The highest BCUT2D eigenvalue weighted by atomic mass is 16.2. The van der Waals surface area contributed by atoms with Crippen LogP contribution in [-0.2, 0) is 4.79 Å². The van der Waals surface area contributed by atoms with E-state index in [9.17, 15) is 4.79 Å².